The lowest BCUT2D eigenvalue weighted by molar-refractivity contribution is -0.123. The van der Waals surface area contributed by atoms with Gasteiger partial charge in [-0.2, -0.15) is 0 Å². The van der Waals surface area contributed by atoms with Gasteiger partial charge in [0.05, 0.1) is 11.7 Å². The Morgan fingerprint density at radius 1 is 1.20 bits per heavy atom. The van der Waals surface area contributed by atoms with Gasteiger partial charge in [-0.25, -0.2) is 9.07 Å². The lowest BCUT2D eigenvalue weighted by Crippen LogP contribution is -2.31. The molecule has 3 aromatic rings. The molecule has 0 aliphatic carbocycles. The predicted molar refractivity (Wildman–Crippen MR) is 87.6 cm³/mol. The number of tetrazole rings is 1. The first-order chi connectivity index (χ1) is 12.1. The summed E-state index contributed by atoms with van der Waals surface area (Å²) < 4.78 is 19.9. The number of benzene rings is 2. The van der Waals surface area contributed by atoms with Gasteiger partial charge >= 0.3 is 0 Å². The molecule has 1 amide bonds. The fraction of sp³-hybridized carbons (Fsp3) is 0.176. The van der Waals surface area contributed by atoms with E-state index in [1.54, 1.807) is 36.4 Å². The number of ether oxygens (including phenoxy) is 1. The van der Waals surface area contributed by atoms with E-state index in [9.17, 15) is 9.18 Å². The van der Waals surface area contributed by atoms with Crippen molar-refractivity contribution in [2.24, 2.45) is 0 Å². The minimum Gasteiger partial charge on any atom is -0.484 e. The van der Waals surface area contributed by atoms with E-state index in [0.29, 0.717) is 5.75 Å². The van der Waals surface area contributed by atoms with Gasteiger partial charge in [0.1, 0.15) is 17.9 Å². The Labute approximate surface area is 143 Å². The van der Waals surface area contributed by atoms with Crippen LogP contribution in [0.4, 0.5) is 4.39 Å². The van der Waals surface area contributed by atoms with Gasteiger partial charge in [-0.15, -0.1) is 5.10 Å². The Bertz CT molecular complexity index is 819. The van der Waals surface area contributed by atoms with Crippen LogP contribution in [0.15, 0.2) is 54.9 Å². The van der Waals surface area contributed by atoms with Crippen molar-refractivity contribution in [3.05, 3.63) is 66.2 Å². The molecule has 0 radical (unpaired) electrons. The number of nitrogens with zero attached hydrogens (tertiary/aromatic N) is 4. The summed E-state index contributed by atoms with van der Waals surface area (Å²) in [7, 11) is 0. The highest BCUT2D eigenvalue weighted by atomic mass is 19.1. The predicted octanol–water partition coefficient (Wildman–Crippen LogP) is 2.06. The van der Waals surface area contributed by atoms with Gasteiger partial charge in [-0.1, -0.05) is 12.1 Å². The van der Waals surface area contributed by atoms with Crippen molar-refractivity contribution in [1.82, 2.24) is 25.5 Å². The average molecular weight is 341 g/mol. The van der Waals surface area contributed by atoms with Crippen LogP contribution < -0.4 is 10.1 Å². The van der Waals surface area contributed by atoms with Crippen molar-refractivity contribution < 1.29 is 13.9 Å². The van der Waals surface area contributed by atoms with Gasteiger partial charge < -0.3 is 10.1 Å². The molecular formula is C17H16FN5O2. The van der Waals surface area contributed by atoms with Gasteiger partial charge in [0.2, 0.25) is 0 Å². The molecule has 0 saturated carbocycles. The Morgan fingerprint density at radius 2 is 1.92 bits per heavy atom. The molecule has 1 heterocycles. The summed E-state index contributed by atoms with van der Waals surface area (Å²) in [5, 5.41) is 13.7. The van der Waals surface area contributed by atoms with Crippen LogP contribution in [0.2, 0.25) is 0 Å². The standard InChI is InChI=1S/C17H16FN5O2/c1-12(13-2-4-14(18)5-3-13)20-17(24)10-25-16-8-6-15(7-9-16)23-11-19-21-22-23/h2-9,11-12H,10H2,1H3,(H,20,24)/t12-/m1/s1. The number of nitrogens with one attached hydrogen (secondary N) is 1. The molecule has 3 rings (SSSR count). The zero-order valence-electron chi connectivity index (χ0n) is 13.5. The number of amides is 1. The molecule has 8 heteroatoms. The summed E-state index contributed by atoms with van der Waals surface area (Å²) in [6.07, 6.45) is 1.49. The summed E-state index contributed by atoms with van der Waals surface area (Å²) in [4.78, 5) is 12.0. The third-order valence-electron chi connectivity index (χ3n) is 3.57. The summed E-state index contributed by atoms with van der Waals surface area (Å²) in [6.45, 7) is 1.71. The van der Waals surface area contributed by atoms with E-state index in [0.717, 1.165) is 11.3 Å². The molecule has 0 spiro atoms. The summed E-state index contributed by atoms with van der Waals surface area (Å²) >= 11 is 0. The monoisotopic (exact) mass is 341 g/mol. The van der Waals surface area contributed by atoms with Crippen LogP contribution in [0.25, 0.3) is 5.69 Å². The maximum Gasteiger partial charge on any atom is 0.258 e. The average Bonchev–Trinajstić information content (AvgIpc) is 3.15. The maximum absolute atomic E-state index is 12.9. The van der Waals surface area contributed by atoms with Crippen LogP contribution in [0.3, 0.4) is 0 Å². The van der Waals surface area contributed by atoms with Crippen LogP contribution in [0.1, 0.15) is 18.5 Å². The van der Waals surface area contributed by atoms with Gasteiger partial charge in [0.15, 0.2) is 6.61 Å². The van der Waals surface area contributed by atoms with Crippen LogP contribution in [0.5, 0.6) is 5.75 Å². The lowest BCUT2D eigenvalue weighted by atomic mass is 10.1. The third-order valence-corrected chi connectivity index (χ3v) is 3.57. The smallest absolute Gasteiger partial charge is 0.258 e. The van der Waals surface area contributed by atoms with Crippen LogP contribution in [0, 0.1) is 5.82 Å². The summed E-state index contributed by atoms with van der Waals surface area (Å²) in [6, 6.07) is 12.8. The number of carbonyl (C=O) groups excluding carboxylic acids is 1. The van der Waals surface area contributed by atoms with E-state index < -0.39 is 0 Å². The van der Waals surface area contributed by atoms with Gasteiger partial charge in [-0.3, -0.25) is 4.79 Å². The van der Waals surface area contributed by atoms with E-state index in [1.165, 1.54) is 23.1 Å². The van der Waals surface area contributed by atoms with Gasteiger partial charge in [0.25, 0.3) is 5.91 Å². The highest BCUT2D eigenvalue weighted by Gasteiger charge is 2.10. The molecule has 7 nitrogen and oxygen atoms in total. The van der Waals surface area contributed by atoms with Gasteiger partial charge in [0, 0.05) is 0 Å². The second kappa shape index (κ2) is 7.52. The quantitative estimate of drug-likeness (QED) is 0.742. The number of hydrogen-bond acceptors (Lipinski definition) is 5. The normalized spacial score (nSPS) is 11.8. The molecule has 0 aliphatic rings. The molecule has 128 valence electrons. The van der Waals surface area contributed by atoms with E-state index in [1.807, 2.05) is 6.92 Å². The van der Waals surface area contributed by atoms with E-state index in [2.05, 4.69) is 20.8 Å². The topological polar surface area (TPSA) is 81.9 Å². The number of hydrogen-bond donors (Lipinski definition) is 1. The number of halogens is 1. The maximum atomic E-state index is 12.9. The van der Waals surface area contributed by atoms with Crippen molar-refractivity contribution in [2.75, 3.05) is 6.61 Å². The minimum absolute atomic E-state index is 0.115. The highest BCUT2D eigenvalue weighted by Crippen LogP contribution is 2.15. The first kappa shape index (κ1) is 16.6. The Morgan fingerprint density at radius 3 is 2.56 bits per heavy atom. The third kappa shape index (κ3) is 4.37. The Balaban J connectivity index is 1.51. The number of aromatic nitrogens is 4. The van der Waals surface area contributed by atoms with Crippen molar-refractivity contribution in [2.45, 2.75) is 13.0 Å². The van der Waals surface area contributed by atoms with Crippen LogP contribution >= 0.6 is 0 Å². The van der Waals surface area contributed by atoms with Crippen molar-refractivity contribution in [3.63, 3.8) is 0 Å². The Kier molecular flexibility index (Phi) is 4.98. The van der Waals surface area contributed by atoms with Crippen LogP contribution in [-0.2, 0) is 4.79 Å². The largest absolute Gasteiger partial charge is 0.484 e. The van der Waals surface area contributed by atoms with E-state index in [-0.39, 0.29) is 24.4 Å². The minimum atomic E-state index is -0.310. The molecule has 25 heavy (non-hydrogen) atoms. The molecule has 0 aliphatic heterocycles. The summed E-state index contributed by atoms with van der Waals surface area (Å²) in [5.41, 5.74) is 1.60. The first-order valence-electron chi connectivity index (χ1n) is 7.63. The molecule has 1 aromatic heterocycles. The fourth-order valence-corrected chi connectivity index (χ4v) is 2.24. The second-order valence-electron chi connectivity index (χ2n) is 5.38. The highest BCUT2D eigenvalue weighted by molar-refractivity contribution is 5.78. The fourth-order valence-electron chi connectivity index (χ4n) is 2.24. The summed E-state index contributed by atoms with van der Waals surface area (Å²) in [5.74, 6) is -0.0153. The van der Waals surface area contributed by atoms with Crippen molar-refractivity contribution in [1.29, 1.82) is 0 Å². The van der Waals surface area contributed by atoms with Crippen molar-refractivity contribution in [3.8, 4) is 11.4 Å². The van der Waals surface area contributed by atoms with Crippen LogP contribution in [-0.4, -0.2) is 32.7 Å². The Hall–Kier alpha value is -3.29. The number of rotatable bonds is 6. The number of carbonyl (C=O) groups is 1. The molecule has 1 N–H and O–H groups in total. The van der Waals surface area contributed by atoms with Crippen molar-refractivity contribution >= 4 is 5.91 Å². The molecule has 2 aromatic carbocycles. The SMILES string of the molecule is C[C@@H](NC(=O)COc1ccc(-n2cnnn2)cc1)c1ccc(F)cc1. The molecule has 0 fully saturated rings. The van der Waals surface area contributed by atoms with Gasteiger partial charge in [-0.05, 0) is 59.3 Å². The first-order valence-corrected chi connectivity index (χ1v) is 7.63. The van der Waals surface area contributed by atoms with E-state index >= 15 is 0 Å². The lowest BCUT2D eigenvalue weighted by Gasteiger charge is -2.14. The molecular weight excluding hydrogens is 325 g/mol. The second-order valence-corrected chi connectivity index (χ2v) is 5.38. The zero-order chi connectivity index (χ0) is 17.6. The molecule has 1 atom stereocenters. The molecule has 0 bridgehead atoms. The molecule has 0 saturated heterocycles. The zero-order valence-corrected chi connectivity index (χ0v) is 13.5. The molecule has 0 unspecified atom stereocenters. The van der Waals surface area contributed by atoms with E-state index in [4.69, 9.17) is 4.74 Å².